The second-order valence-corrected chi connectivity index (χ2v) is 8.88. The summed E-state index contributed by atoms with van der Waals surface area (Å²) in [4.78, 5) is 14.9. The summed E-state index contributed by atoms with van der Waals surface area (Å²) in [5.74, 6) is 0.601. The van der Waals surface area contributed by atoms with Crippen LogP contribution in [0.25, 0.3) is 0 Å². The number of methoxy groups -OCH3 is 1. The molecule has 1 aliphatic carbocycles. The number of carbonyl (C=O) groups is 1. The molecular weight excluding hydrogens is 435 g/mol. The van der Waals surface area contributed by atoms with Crippen molar-refractivity contribution in [2.45, 2.75) is 43.2 Å². The lowest BCUT2D eigenvalue weighted by atomic mass is 9.69. The Morgan fingerprint density at radius 2 is 2.06 bits per heavy atom. The molecule has 3 atom stereocenters. The molecule has 2 aromatic carbocycles. The molecule has 0 N–H and O–H groups in total. The van der Waals surface area contributed by atoms with Gasteiger partial charge >= 0.3 is 12.1 Å². The molecule has 0 aromatic heterocycles. The Morgan fingerprint density at radius 1 is 1.24 bits per heavy atom. The maximum atomic E-state index is 13.0. The zero-order valence-electron chi connectivity index (χ0n) is 18.3. The van der Waals surface area contributed by atoms with Crippen LogP contribution in [0.2, 0.25) is 0 Å². The topological polar surface area (TPSA) is 48.0 Å². The highest BCUT2D eigenvalue weighted by Gasteiger charge is 2.53. The van der Waals surface area contributed by atoms with E-state index in [4.69, 9.17) is 14.2 Å². The molecule has 5 nitrogen and oxygen atoms in total. The van der Waals surface area contributed by atoms with E-state index >= 15 is 0 Å². The third-order valence-corrected chi connectivity index (χ3v) is 6.81. The van der Waals surface area contributed by atoms with E-state index in [2.05, 4.69) is 24.1 Å². The minimum absolute atomic E-state index is 0.130. The van der Waals surface area contributed by atoms with Gasteiger partial charge in [-0.1, -0.05) is 18.2 Å². The third-order valence-electron chi connectivity index (χ3n) is 6.81. The van der Waals surface area contributed by atoms with Gasteiger partial charge in [0.1, 0.15) is 12.2 Å². The van der Waals surface area contributed by atoms with E-state index in [1.165, 1.54) is 17.7 Å². The molecule has 33 heavy (non-hydrogen) atoms. The molecule has 174 valence electrons. The molecule has 1 spiro atoms. The van der Waals surface area contributed by atoms with Gasteiger partial charge in [-0.15, -0.1) is 0 Å². The zero-order valence-corrected chi connectivity index (χ0v) is 18.3. The molecule has 2 aromatic rings. The molecule has 8 heteroatoms. The number of ether oxygens (including phenoxy) is 3. The first kappa shape index (κ1) is 21.8. The van der Waals surface area contributed by atoms with Crippen molar-refractivity contribution in [3.63, 3.8) is 0 Å². The second kappa shape index (κ2) is 7.80. The van der Waals surface area contributed by atoms with Crippen LogP contribution < -0.4 is 9.47 Å². The molecule has 2 aliphatic heterocycles. The van der Waals surface area contributed by atoms with E-state index in [9.17, 15) is 18.0 Å². The van der Waals surface area contributed by atoms with Gasteiger partial charge in [-0.2, -0.15) is 13.2 Å². The van der Waals surface area contributed by atoms with E-state index in [0.29, 0.717) is 12.2 Å². The normalized spacial score (nSPS) is 26.1. The van der Waals surface area contributed by atoms with E-state index in [0.717, 1.165) is 43.0 Å². The number of halogens is 3. The largest absolute Gasteiger partial charge is 0.493 e. The highest BCUT2D eigenvalue weighted by Crippen LogP contribution is 2.55. The number of nitrogens with zero attached hydrogens (tertiary/aromatic N) is 1. The van der Waals surface area contributed by atoms with Crippen molar-refractivity contribution in [2.24, 2.45) is 0 Å². The van der Waals surface area contributed by atoms with Crippen LogP contribution >= 0.6 is 0 Å². The van der Waals surface area contributed by atoms with Crippen LogP contribution in [0.4, 0.5) is 13.2 Å². The number of rotatable bonds is 3. The van der Waals surface area contributed by atoms with Gasteiger partial charge in [-0.3, -0.25) is 0 Å². The van der Waals surface area contributed by atoms with Gasteiger partial charge in [-0.05, 0) is 55.9 Å². The minimum atomic E-state index is -4.53. The molecular formula is C25H24F3NO4. The quantitative estimate of drug-likeness (QED) is 0.491. The maximum Gasteiger partial charge on any atom is 0.416 e. The number of hydrogen-bond donors (Lipinski definition) is 0. The highest BCUT2D eigenvalue weighted by molar-refractivity contribution is 5.89. The molecule has 2 heterocycles. The van der Waals surface area contributed by atoms with Crippen LogP contribution in [0.1, 0.15) is 39.9 Å². The molecule has 5 rings (SSSR count). The molecule has 0 bridgehead atoms. The number of alkyl halides is 3. The SMILES string of the molecule is COc1ccc2c3c1OC1CC(OC(=O)c4cccc(C(F)(F)F)c4)C=CC31CCN(C)C2. The van der Waals surface area contributed by atoms with Crippen LogP contribution in [-0.2, 0) is 22.9 Å². The van der Waals surface area contributed by atoms with Crippen molar-refractivity contribution in [1.29, 1.82) is 0 Å². The molecule has 0 saturated carbocycles. The van der Waals surface area contributed by atoms with Gasteiger partial charge in [-0.25, -0.2) is 4.79 Å². The first-order chi connectivity index (χ1) is 15.7. The van der Waals surface area contributed by atoms with E-state index in [1.54, 1.807) is 7.11 Å². The first-order valence-electron chi connectivity index (χ1n) is 10.8. The van der Waals surface area contributed by atoms with Crippen molar-refractivity contribution >= 4 is 5.97 Å². The van der Waals surface area contributed by atoms with Crippen molar-refractivity contribution in [3.05, 3.63) is 70.8 Å². The second-order valence-electron chi connectivity index (χ2n) is 8.88. The Morgan fingerprint density at radius 3 is 2.82 bits per heavy atom. The standard InChI is InChI=1S/C25H24F3NO4/c1-29-11-10-24-9-8-18(32-23(30)15-4-3-5-17(12-15)25(26,27)28)13-20(24)33-22-19(31-2)7-6-16(14-29)21(22)24/h3-9,12,18,20H,10-11,13-14H2,1-2H3. The fourth-order valence-electron chi connectivity index (χ4n) is 5.18. The minimum Gasteiger partial charge on any atom is -0.493 e. The summed E-state index contributed by atoms with van der Waals surface area (Å²) in [7, 11) is 3.69. The summed E-state index contributed by atoms with van der Waals surface area (Å²) >= 11 is 0. The molecule has 0 fully saturated rings. The summed E-state index contributed by atoms with van der Waals surface area (Å²) in [5, 5.41) is 0. The summed E-state index contributed by atoms with van der Waals surface area (Å²) < 4.78 is 56.6. The van der Waals surface area contributed by atoms with Crippen LogP contribution in [0.5, 0.6) is 11.5 Å². The van der Waals surface area contributed by atoms with Crippen LogP contribution in [0.3, 0.4) is 0 Å². The van der Waals surface area contributed by atoms with Crippen LogP contribution in [-0.4, -0.2) is 43.8 Å². The molecule has 0 radical (unpaired) electrons. The summed E-state index contributed by atoms with van der Waals surface area (Å²) in [5.41, 5.74) is 0.928. The molecule has 3 aliphatic rings. The average molecular weight is 459 g/mol. The first-order valence-corrected chi connectivity index (χ1v) is 10.8. The van der Waals surface area contributed by atoms with Gasteiger partial charge in [0.2, 0.25) is 0 Å². The number of hydrogen-bond acceptors (Lipinski definition) is 5. The van der Waals surface area contributed by atoms with Crippen molar-refractivity contribution in [2.75, 3.05) is 20.7 Å². The maximum absolute atomic E-state index is 13.0. The Kier molecular flexibility index (Phi) is 5.16. The van der Waals surface area contributed by atoms with Gasteiger partial charge in [0, 0.05) is 18.5 Å². The van der Waals surface area contributed by atoms with Crippen molar-refractivity contribution < 1.29 is 32.2 Å². The van der Waals surface area contributed by atoms with Crippen LogP contribution in [0.15, 0.2) is 48.6 Å². The van der Waals surface area contributed by atoms with Gasteiger partial charge < -0.3 is 19.1 Å². The Bertz CT molecular complexity index is 1130. The third kappa shape index (κ3) is 3.66. The van der Waals surface area contributed by atoms with Gasteiger partial charge in [0.15, 0.2) is 11.5 Å². The fourth-order valence-corrected chi connectivity index (χ4v) is 5.18. The number of carbonyl (C=O) groups excluding carboxylic acids is 1. The highest BCUT2D eigenvalue weighted by atomic mass is 19.4. The van der Waals surface area contributed by atoms with E-state index in [-0.39, 0.29) is 17.1 Å². The van der Waals surface area contributed by atoms with Crippen molar-refractivity contribution in [1.82, 2.24) is 4.90 Å². The predicted octanol–water partition coefficient (Wildman–Crippen LogP) is 4.73. The van der Waals surface area contributed by atoms with Crippen LogP contribution in [0, 0.1) is 0 Å². The summed E-state index contributed by atoms with van der Waals surface area (Å²) in [6.07, 6.45) is -0.256. The smallest absolute Gasteiger partial charge is 0.416 e. The predicted molar refractivity (Wildman–Crippen MR) is 114 cm³/mol. The lowest BCUT2D eigenvalue weighted by Gasteiger charge is -2.36. The van der Waals surface area contributed by atoms with Crippen molar-refractivity contribution in [3.8, 4) is 11.5 Å². The number of benzene rings is 2. The molecule has 3 unspecified atom stereocenters. The summed E-state index contributed by atoms with van der Waals surface area (Å²) in [6, 6.07) is 8.26. The Hall–Kier alpha value is -3.00. The monoisotopic (exact) mass is 459 g/mol. The van der Waals surface area contributed by atoms with Gasteiger partial charge in [0.05, 0.1) is 23.7 Å². The lowest BCUT2D eigenvalue weighted by Crippen LogP contribution is -2.43. The Labute approximate surface area is 189 Å². The zero-order chi connectivity index (χ0) is 23.4. The lowest BCUT2D eigenvalue weighted by molar-refractivity contribution is -0.137. The molecule has 0 amide bonds. The fraction of sp³-hybridized carbons (Fsp3) is 0.400. The van der Waals surface area contributed by atoms with E-state index < -0.39 is 23.8 Å². The summed E-state index contributed by atoms with van der Waals surface area (Å²) in [6.45, 7) is 1.67. The van der Waals surface area contributed by atoms with Gasteiger partial charge in [0.25, 0.3) is 0 Å². The number of esters is 1. The van der Waals surface area contributed by atoms with E-state index in [1.807, 2.05) is 12.1 Å². The molecule has 0 saturated heterocycles. The average Bonchev–Trinajstić information content (AvgIpc) is 3.04. The Balaban J connectivity index is 1.42.